The number of hydrogen-bond acceptors (Lipinski definition) is 5. The minimum atomic E-state index is -4.56. The Labute approximate surface area is 199 Å². The van der Waals surface area contributed by atoms with Gasteiger partial charge in [-0.05, 0) is 54.4 Å². The number of carbonyl (C=O) groups is 2. The second-order valence-corrected chi connectivity index (χ2v) is 7.87. The van der Waals surface area contributed by atoms with Gasteiger partial charge in [-0.25, -0.2) is 0 Å². The highest BCUT2D eigenvalue weighted by molar-refractivity contribution is 6.46. The average Bonchev–Trinajstić information content (AvgIpc) is 3.09. The summed E-state index contributed by atoms with van der Waals surface area (Å²) in [7, 11) is 0. The molecule has 1 fully saturated rings. The first-order valence-electron chi connectivity index (χ1n) is 10.8. The quantitative estimate of drug-likeness (QED) is 0.300. The molecular formula is C26H21F3N2O4. The summed E-state index contributed by atoms with van der Waals surface area (Å²) in [4.78, 5) is 31.3. The molecule has 1 aliphatic heterocycles. The summed E-state index contributed by atoms with van der Waals surface area (Å²) < 4.78 is 45.1. The molecule has 0 bridgehead atoms. The molecule has 1 aromatic heterocycles. The summed E-state index contributed by atoms with van der Waals surface area (Å²) in [6.45, 7) is 1.93. The van der Waals surface area contributed by atoms with Crippen LogP contribution in [0.25, 0.3) is 5.76 Å². The number of nitrogens with zero attached hydrogens (tertiary/aromatic N) is 2. The van der Waals surface area contributed by atoms with Gasteiger partial charge in [-0.1, -0.05) is 24.3 Å². The molecule has 0 saturated carbocycles. The van der Waals surface area contributed by atoms with Crippen LogP contribution in [0.1, 0.15) is 35.2 Å². The number of benzene rings is 2. The van der Waals surface area contributed by atoms with E-state index in [1.165, 1.54) is 24.5 Å². The van der Waals surface area contributed by atoms with Gasteiger partial charge in [0.15, 0.2) is 0 Å². The highest BCUT2D eigenvalue weighted by Gasteiger charge is 2.46. The topological polar surface area (TPSA) is 79.7 Å². The van der Waals surface area contributed by atoms with Crippen molar-refractivity contribution in [1.82, 2.24) is 9.88 Å². The highest BCUT2D eigenvalue weighted by Crippen LogP contribution is 2.40. The number of amides is 1. The molecule has 4 rings (SSSR count). The zero-order chi connectivity index (χ0) is 25.2. The largest absolute Gasteiger partial charge is 0.507 e. The maximum Gasteiger partial charge on any atom is 0.416 e. The van der Waals surface area contributed by atoms with Gasteiger partial charge in [-0.2, -0.15) is 13.2 Å². The van der Waals surface area contributed by atoms with Crippen LogP contribution in [-0.4, -0.2) is 33.3 Å². The summed E-state index contributed by atoms with van der Waals surface area (Å²) in [5.74, 6) is -1.79. The Morgan fingerprint density at radius 3 is 2.46 bits per heavy atom. The second-order valence-electron chi connectivity index (χ2n) is 7.87. The monoisotopic (exact) mass is 482 g/mol. The van der Waals surface area contributed by atoms with E-state index in [0.29, 0.717) is 17.9 Å². The fraction of sp³-hybridized carbons (Fsp3) is 0.192. The standard InChI is InChI=1S/C26H21F3N2O4/c1-2-35-20-8-4-6-18(14-20)23(32)21-22(17-9-11-30-12-10-17)31(25(34)24(21)33)15-16-5-3-7-19(13-16)26(27,28)29/h3-14,22,32H,2,15H2,1H3/b23-21+. The number of alkyl halides is 3. The smallest absolute Gasteiger partial charge is 0.416 e. The lowest BCUT2D eigenvalue weighted by Gasteiger charge is -2.25. The van der Waals surface area contributed by atoms with Gasteiger partial charge in [0.1, 0.15) is 11.5 Å². The number of Topliss-reactive ketones (excluding diaryl/α,β-unsaturated/α-hetero) is 1. The van der Waals surface area contributed by atoms with Gasteiger partial charge in [0.2, 0.25) is 0 Å². The maximum atomic E-state index is 13.2. The van der Waals surface area contributed by atoms with E-state index < -0.39 is 35.2 Å². The van der Waals surface area contributed by atoms with Crippen LogP contribution >= 0.6 is 0 Å². The molecule has 1 amide bonds. The molecule has 180 valence electrons. The lowest BCUT2D eigenvalue weighted by Crippen LogP contribution is -2.29. The number of aromatic nitrogens is 1. The van der Waals surface area contributed by atoms with Crippen molar-refractivity contribution in [3.05, 3.63) is 101 Å². The first-order valence-corrected chi connectivity index (χ1v) is 10.8. The van der Waals surface area contributed by atoms with E-state index in [-0.39, 0.29) is 23.2 Å². The predicted molar refractivity (Wildman–Crippen MR) is 121 cm³/mol. The number of pyridine rings is 1. The van der Waals surface area contributed by atoms with E-state index in [9.17, 15) is 27.9 Å². The van der Waals surface area contributed by atoms with Crippen LogP contribution in [-0.2, 0) is 22.3 Å². The van der Waals surface area contributed by atoms with Crippen molar-refractivity contribution in [2.45, 2.75) is 25.7 Å². The van der Waals surface area contributed by atoms with Crippen LogP contribution in [0.2, 0.25) is 0 Å². The van der Waals surface area contributed by atoms with Gasteiger partial charge < -0.3 is 14.7 Å². The molecule has 6 nitrogen and oxygen atoms in total. The first-order chi connectivity index (χ1) is 16.7. The van der Waals surface area contributed by atoms with E-state index in [1.807, 2.05) is 0 Å². The Bertz CT molecular complexity index is 1290. The zero-order valence-corrected chi connectivity index (χ0v) is 18.6. The predicted octanol–water partition coefficient (Wildman–Crippen LogP) is 5.12. The molecule has 2 aromatic carbocycles. The molecule has 1 N–H and O–H groups in total. The molecule has 9 heteroatoms. The third-order valence-electron chi connectivity index (χ3n) is 5.59. The fourth-order valence-electron chi connectivity index (χ4n) is 4.03. The number of likely N-dealkylation sites (tertiary alicyclic amines) is 1. The van der Waals surface area contributed by atoms with Crippen molar-refractivity contribution < 1.29 is 32.6 Å². The number of carbonyl (C=O) groups excluding carboxylic acids is 2. The van der Waals surface area contributed by atoms with Gasteiger partial charge in [0.25, 0.3) is 11.7 Å². The molecule has 1 saturated heterocycles. The molecule has 1 unspecified atom stereocenters. The second kappa shape index (κ2) is 9.61. The summed E-state index contributed by atoms with van der Waals surface area (Å²) in [5.41, 5.74) is -0.0820. The van der Waals surface area contributed by atoms with Crippen LogP contribution in [0, 0.1) is 0 Å². The summed E-state index contributed by atoms with van der Waals surface area (Å²) in [6.07, 6.45) is -1.62. The number of ketones is 1. The normalized spacial score (nSPS) is 17.6. The number of rotatable bonds is 6. The van der Waals surface area contributed by atoms with Crippen LogP contribution in [0.4, 0.5) is 13.2 Å². The van der Waals surface area contributed by atoms with Gasteiger partial charge in [0, 0.05) is 24.5 Å². The van der Waals surface area contributed by atoms with Crippen molar-refractivity contribution in [2.75, 3.05) is 6.61 Å². The molecule has 0 radical (unpaired) electrons. The number of hydrogen-bond donors (Lipinski definition) is 1. The number of aliphatic hydroxyl groups excluding tert-OH is 1. The molecular weight excluding hydrogens is 461 g/mol. The van der Waals surface area contributed by atoms with Crippen LogP contribution in [0.3, 0.4) is 0 Å². The molecule has 2 heterocycles. The highest BCUT2D eigenvalue weighted by atomic mass is 19.4. The fourth-order valence-corrected chi connectivity index (χ4v) is 4.03. The molecule has 3 aromatic rings. The lowest BCUT2D eigenvalue weighted by molar-refractivity contribution is -0.140. The molecule has 0 spiro atoms. The molecule has 0 aliphatic carbocycles. The van der Waals surface area contributed by atoms with Gasteiger partial charge in [0.05, 0.1) is 23.8 Å². The van der Waals surface area contributed by atoms with E-state index in [2.05, 4.69) is 4.98 Å². The van der Waals surface area contributed by atoms with E-state index in [1.54, 1.807) is 43.3 Å². The van der Waals surface area contributed by atoms with Crippen molar-refractivity contribution >= 4 is 17.4 Å². The Hall–Kier alpha value is -4.14. The first kappa shape index (κ1) is 24.0. The summed E-state index contributed by atoms with van der Waals surface area (Å²) >= 11 is 0. The summed E-state index contributed by atoms with van der Waals surface area (Å²) in [6, 6.07) is 13.1. The third-order valence-corrected chi connectivity index (χ3v) is 5.59. The molecule has 1 atom stereocenters. The maximum absolute atomic E-state index is 13.2. The van der Waals surface area contributed by atoms with E-state index >= 15 is 0 Å². The number of halogens is 3. The zero-order valence-electron chi connectivity index (χ0n) is 18.6. The van der Waals surface area contributed by atoms with Crippen molar-refractivity contribution in [1.29, 1.82) is 0 Å². The van der Waals surface area contributed by atoms with E-state index in [4.69, 9.17) is 4.74 Å². The Balaban J connectivity index is 1.81. The average molecular weight is 482 g/mol. The summed E-state index contributed by atoms with van der Waals surface area (Å²) in [5, 5.41) is 11.1. The Morgan fingerprint density at radius 1 is 1.06 bits per heavy atom. The SMILES string of the molecule is CCOc1cccc(/C(O)=C2\C(=O)C(=O)N(Cc3cccc(C(F)(F)F)c3)C2c2ccncc2)c1. The molecule has 1 aliphatic rings. The van der Waals surface area contributed by atoms with Crippen molar-refractivity contribution in [3.8, 4) is 5.75 Å². The minimum Gasteiger partial charge on any atom is -0.507 e. The third kappa shape index (κ3) is 4.89. The Kier molecular flexibility index (Phi) is 6.59. The lowest BCUT2D eigenvalue weighted by atomic mass is 9.95. The van der Waals surface area contributed by atoms with Gasteiger partial charge >= 0.3 is 6.18 Å². The van der Waals surface area contributed by atoms with Crippen molar-refractivity contribution in [3.63, 3.8) is 0 Å². The van der Waals surface area contributed by atoms with Gasteiger partial charge in [-0.3, -0.25) is 14.6 Å². The van der Waals surface area contributed by atoms with Crippen LogP contribution < -0.4 is 4.74 Å². The van der Waals surface area contributed by atoms with Gasteiger partial charge in [-0.15, -0.1) is 0 Å². The van der Waals surface area contributed by atoms with Crippen molar-refractivity contribution in [2.24, 2.45) is 0 Å². The van der Waals surface area contributed by atoms with Crippen LogP contribution in [0.15, 0.2) is 78.6 Å². The minimum absolute atomic E-state index is 0.165. The molecule has 35 heavy (non-hydrogen) atoms. The number of ether oxygens (including phenoxy) is 1. The van der Waals surface area contributed by atoms with E-state index in [0.717, 1.165) is 17.0 Å². The Morgan fingerprint density at radius 2 is 1.77 bits per heavy atom. The number of aliphatic hydroxyl groups is 1. The van der Waals surface area contributed by atoms with Crippen LogP contribution in [0.5, 0.6) is 5.75 Å².